The molecule has 4 heteroatoms. The van der Waals surface area contributed by atoms with Gasteiger partial charge in [-0.25, -0.2) is 0 Å². The van der Waals surface area contributed by atoms with Crippen LogP contribution in [0, 0.1) is 11.8 Å². The summed E-state index contributed by atoms with van der Waals surface area (Å²) in [5.74, 6) is 0.685. The first-order chi connectivity index (χ1) is 8.52. The van der Waals surface area contributed by atoms with Crippen LogP contribution in [0.5, 0.6) is 0 Å². The lowest BCUT2D eigenvalue weighted by atomic mass is 9.92. The van der Waals surface area contributed by atoms with Crippen molar-refractivity contribution in [3.63, 3.8) is 0 Å². The number of rotatable bonds is 4. The molecule has 0 aromatic heterocycles. The Labute approximate surface area is 110 Å². The first kappa shape index (κ1) is 13.8. The summed E-state index contributed by atoms with van der Waals surface area (Å²) in [4.78, 5) is 14.6. The van der Waals surface area contributed by atoms with Crippen LogP contribution in [0.1, 0.15) is 46.0 Å². The highest BCUT2D eigenvalue weighted by Gasteiger charge is 2.44. The molecule has 3 atom stereocenters. The number of nitrogens with zero attached hydrogens (tertiary/aromatic N) is 1. The van der Waals surface area contributed by atoms with Crippen molar-refractivity contribution in [2.45, 2.75) is 64.1 Å². The summed E-state index contributed by atoms with van der Waals surface area (Å²) in [6.45, 7) is 4.70. The summed E-state index contributed by atoms with van der Waals surface area (Å²) in [7, 11) is 0. The summed E-state index contributed by atoms with van der Waals surface area (Å²) in [6.07, 6.45) is 4.25. The van der Waals surface area contributed by atoms with Gasteiger partial charge in [-0.2, -0.15) is 0 Å². The molecule has 18 heavy (non-hydrogen) atoms. The third-order valence-corrected chi connectivity index (χ3v) is 4.35. The minimum Gasteiger partial charge on any atom is -0.393 e. The molecule has 2 aliphatic rings. The van der Waals surface area contributed by atoms with Crippen LogP contribution in [0.15, 0.2) is 0 Å². The first-order valence-electron chi connectivity index (χ1n) is 7.23. The van der Waals surface area contributed by atoms with Crippen LogP contribution in [0.4, 0.5) is 0 Å². The largest absolute Gasteiger partial charge is 0.393 e. The fourth-order valence-corrected chi connectivity index (χ4v) is 3.59. The van der Waals surface area contributed by atoms with Crippen molar-refractivity contribution in [3.8, 4) is 0 Å². The van der Waals surface area contributed by atoms with E-state index in [4.69, 9.17) is 5.73 Å². The monoisotopic (exact) mass is 254 g/mol. The molecule has 0 aromatic carbocycles. The van der Waals surface area contributed by atoms with Crippen LogP contribution in [0.2, 0.25) is 0 Å². The van der Waals surface area contributed by atoms with E-state index in [1.54, 1.807) is 0 Å². The Morgan fingerprint density at radius 2 is 1.89 bits per heavy atom. The molecule has 2 saturated heterocycles. The fraction of sp³-hybridized carbons (Fsp3) is 0.929. The predicted molar refractivity (Wildman–Crippen MR) is 70.9 cm³/mol. The topological polar surface area (TPSA) is 66.6 Å². The maximum Gasteiger partial charge on any atom is 0.227 e. The van der Waals surface area contributed by atoms with Gasteiger partial charge in [0, 0.05) is 18.6 Å². The van der Waals surface area contributed by atoms with Gasteiger partial charge in [0.15, 0.2) is 0 Å². The molecule has 0 aliphatic carbocycles. The average Bonchev–Trinajstić information content (AvgIpc) is 2.57. The Morgan fingerprint density at radius 1 is 1.33 bits per heavy atom. The molecule has 1 amide bonds. The zero-order valence-corrected chi connectivity index (χ0v) is 11.5. The molecule has 104 valence electrons. The van der Waals surface area contributed by atoms with Gasteiger partial charge in [-0.3, -0.25) is 4.79 Å². The van der Waals surface area contributed by atoms with E-state index >= 15 is 0 Å². The minimum absolute atomic E-state index is 0.0386. The summed E-state index contributed by atoms with van der Waals surface area (Å²) < 4.78 is 0. The van der Waals surface area contributed by atoms with Crippen LogP contribution in [-0.4, -0.2) is 40.6 Å². The van der Waals surface area contributed by atoms with Crippen LogP contribution in [0.25, 0.3) is 0 Å². The third kappa shape index (κ3) is 2.69. The lowest BCUT2D eigenvalue weighted by molar-refractivity contribution is -0.142. The Bertz CT molecular complexity index is 292. The van der Waals surface area contributed by atoms with E-state index in [9.17, 15) is 9.90 Å². The second kappa shape index (κ2) is 5.57. The van der Waals surface area contributed by atoms with E-state index in [-0.39, 0.29) is 30.0 Å². The number of aliphatic hydroxyl groups is 1. The second-order valence-corrected chi connectivity index (χ2v) is 6.32. The van der Waals surface area contributed by atoms with E-state index in [0.717, 1.165) is 32.1 Å². The maximum absolute atomic E-state index is 12.6. The number of hydrogen-bond donors (Lipinski definition) is 2. The van der Waals surface area contributed by atoms with Crippen LogP contribution in [-0.2, 0) is 4.79 Å². The maximum atomic E-state index is 12.6. The van der Waals surface area contributed by atoms with Gasteiger partial charge in [0.25, 0.3) is 0 Å². The number of fused-ring (bicyclic) bond motifs is 2. The van der Waals surface area contributed by atoms with Crippen molar-refractivity contribution in [1.82, 2.24) is 4.90 Å². The quantitative estimate of drug-likeness (QED) is 0.790. The molecule has 3 unspecified atom stereocenters. The van der Waals surface area contributed by atoms with E-state index in [1.807, 2.05) is 4.90 Å². The van der Waals surface area contributed by atoms with Crippen LogP contribution >= 0.6 is 0 Å². The van der Waals surface area contributed by atoms with Gasteiger partial charge in [0.2, 0.25) is 5.91 Å². The molecule has 0 saturated carbocycles. The molecule has 0 spiro atoms. The highest BCUT2D eigenvalue weighted by molar-refractivity contribution is 5.80. The van der Waals surface area contributed by atoms with Gasteiger partial charge < -0.3 is 15.7 Å². The molecule has 0 aromatic rings. The van der Waals surface area contributed by atoms with Crippen LogP contribution < -0.4 is 5.73 Å². The van der Waals surface area contributed by atoms with Gasteiger partial charge in [-0.05, 0) is 38.0 Å². The molecule has 2 bridgehead atoms. The van der Waals surface area contributed by atoms with Crippen LogP contribution in [0.3, 0.4) is 0 Å². The number of nitrogens with two attached hydrogens (primary N) is 1. The Balaban J connectivity index is 2.04. The molecule has 2 rings (SSSR count). The number of aliphatic hydroxyl groups excluding tert-OH is 1. The summed E-state index contributed by atoms with van der Waals surface area (Å²) in [5.41, 5.74) is 5.77. The summed E-state index contributed by atoms with van der Waals surface area (Å²) in [6, 6.07) is 0.514. The molecule has 4 nitrogen and oxygen atoms in total. The Hall–Kier alpha value is -0.610. The standard InChI is InChI=1S/C14H26N2O2/c1-9(2)5-10(8-15)14(18)16-11-3-4-12(16)7-13(17)6-11/h9-13,17H,3-8,15H2,1-2H3. The Kier molecular flexibility index (Phi) is 4.28. The molecule has 3 N–H and O–H groups in total. The van der Waals surface area contributed by atoms with Crippen molar-refractivity contribution in [2.24, 2.45) is 17.6 Å². The van der Waals surface area contributed by atoms with Crippen molar-refractivity contribution < 1.29 is 9.90 Å². The predicted octanol–water partition coefficient (Wildman–Crippen LogP) is 1.12. The highest BCUT2D eigenvalue weighted by Crippen LogP contribution is 2.37. The van der Waals surface area contributed by atoms with Gasteiger partial charge >= 0.3 is 0 Å². The van der Waals surface area contributed by atoms with Crippen molar-refractivity contribution in [1.29, 1.82) is 0 Å². The summed E-state index contributed by atoms with van der Waals surface area (Å²) in [5, 5.41) is 9.77. The second-order valence-electron chi connectivity index (χ2n) is 6.32. The number of piperidine rings is 1. The Morgan fingerprint density at radius 3 is 2.33 bits per heavy atom. The molecule has 2 aliphatic heterocycles. The first-order valence-corrected chi connectivity index (χ1v) is 7.23. The van der Waals surface area contributed by atoms with E-state index in [1.165, 1.54) is 0 Å². The molecule has 2 heterocycles. The third-order valence-electron chi connectivity index (χ3n) is 4.35. The average molecular weight is 254 g/mol. The highest BCUT2D eigenvalue weighted by atomic mass is 16.3. The smallest absolute Gasteiger partial charge is 0.227 e. The van der Waals surface area contributed by atoms with Gasteiger partial charge in [0.05, 0.1) is 12.0 Å². The zero-order chi connectivity index (χ0) is 13.3. The zero-order valence-electron chi connectivity index (χ0n) is 11.5. The van der Waals surface area contributed by atoms with Gasteiger partial charge in [-0.15, -0.1) is 0 Å². The number of hydrogen-bond acceptors (Lipinski definition) is 3. The minimum atomic E-state index is -0.215. The summed E-state index contributed by atoms with van der Waals surface area (Å²) >= 11 is 0. The molecule has 2 fully saturated rings. The van der Waals surface area contributed by atoms with E-state index < -0.39 is 0 Å². The SMILES string of the molecule is CC(C)CC(CN)C(=O)N1C2CCC1CC(O)C2. The van der Waals surface area contributed by atoms with E-state index in [0.29, 0.717) is 12.5 Å². The molecular weight excluding hydrogens is 228 g/mol. The molecule has 0 radical (unpaired) electrons. The normalized spacial score (nSPS) is 32.9. The molecular formula is C14H26N2O2. The van der Waals surface area contributed by atoms with Crippen molar-refractivity contribution >= 4 is 5.91 Å². The lowest BCUT2D eigenvalue weighted by Crippen LogP contribution is -2.51. The fourth-order valence-electron chi connectivity index (χ4n) is 3.59. The number of carbonyl (C=O) groups excluding carboxylic acids is 1. The van der Waals surface area contributed by atoms with Gasteiger partial charge in [0.1, 0.15) is 0 Å². The van der Waals surface area contributed by atoms with Gasteiger partial charge in [-0.1, -0.05) is 13.8 Å². The van der Waals surface area contributed by atoms with E-state index in [2.05, 4.69) is 13.8 Å². The number of carbonyl (C=O) groups is 1. The lowest BCUT2D eigenvalue weighted by Gasteiger charge is -2.39. The van der Waals surface area contributed by atoms with Crippen molar-refractivity contribution in [3.05, 3.63) is 0 Å². The van der Waals surface area contributed by atoms with Crippen molar-refractivity contribution in [2.75, 3.05) is 6.54 Å². The number of amides is 1.